The summed E-state index contributed by atoms with van der Waals surface area (Å²) in [7, 11) is 0. The third-order valence-corrected chi connectivity index (χ3v) is 2.33. The maximum absolute atomic E-state index is 12.0. The maximum Gasteiger partial charge on any atom is 0.414 e. The molecule has 1 atom stereocenters. The Balaban J connectivity index is 4.01. The van der Waals surface area contributed by atoms with E-state index in [-0.39, 0.29) is 12.3 Å². The van der Waals surface area contributed by atoms with Crippen molar-refractivity contribution in [2.45, 2.75) is 58.2 Å². The third kappa shape index (κ3) is 5.47. The highest BCUT2D eigenvalue weighted by molar-refractivity contribution is 4.70. The van der Waals surface area contributed by atoms with Crippen LogP contribution in [0.2, 0.25) is 0 Å². The van der Waals surface area contributed by atoms with E-state index in [1.165, 1.54) is 0 Å². The first-order valence-electron chi connectivity index (χ1n) is 5.16. The van der Waals surface area contributed by atoms with Gasteiger partial charge in [0.05, 0.1) is 0 Å². The van der Waals surface area contributed by atoms with Crippen molar-refractivity contribution >= 4 is 0 Å². The summed E-state index contributed by atoms with van der Waals surface area (Å²) >= 11 is 0. The van der Waals surface area contributed by atoms with Crippen molar-refractivity contribution in [2.24, 2.45) is 5.92 Å². The molecule has 4 heteroatoms. The summed E-state index contributed by atoms with van der Waals surface area (Å²) in [6.07, 6.45) is -3.48. The van der Waals surface area contributed by atoms with Gasteiger partial charge in [0.1, 0.15) is 6.10 Å². The fraction of sp³-hybridized carbons (Fsp3) is 1.00. The summed E-state index contributed by atoms with van der Waals surface area (Å²) in [4.78, 5) is 0. The van der Waals surface area contributed by atoms with E-state index in [0.717, 1.165) is 25.7 Å². The Morgan fingerprint density at radius 1 is 1.07 bits per heavy atom. The van der Waals surface area contributed by atoms with Crippen LogP contribution in [-0.4, -0.2) is 17.4 Å². The predicted molar refractivity (Wildman–Crippen MR) is 50.0 cm³/mol. The quantitative estimate of drug-likeness (QED) is 0.714. The summed E-state index contributed by atoms with van der Waals surface area (Å²) in [6.45, 7) is 3.89. The number of hydrogen-bond acceptors (Lipinski definition) is 1. The lowest BCUT2D eigenvalue weighted by atomic mass is 9.92. The van der Waals surface area contributed by atoms with Gasteiger partial charge in [-0.3, -0.25) is 0 Å². The monoisotopic (exact) mass is 212 g/mol. The molecule has 86 valence electrons. The average Bonchev–Trinajstić information content (AvgIpc) is 2.03. The predicted octanol–water partition coefficient (Wildman–Crippen LogP) is 3.52. The van der Waals surface area contributed by atoms with Gasteiger partial charge in [0, 0.05) is 0 Å². The molecule has 0 radical (unpaired) electrons. The summed E-state index contributed by atoms with van der Waals surface area (Å²) in [5, 5.41) is 8.88. The van der Waals surface area contributed by atoms with Gasteiger partial charge in [-0.2, -0.15) is 13.2 Å². The van der Waals surface area contributed by atoms with Crippen LogP contribution in [0.3, 0.4) is 0 Å². The molecular formula is C10H19F3O. The van der Waals surface area contributed by atoms with Crippen molar-refractivity contribution in [1.82, 2.24) is 0 Å². The van der Waals surface area contributed by atoms with Gasteiger partial charge >= 0.3 is 6.18 Å². The minimum Gasteiger partial charge on any atom is -0.384 e. The molecular weight excluding hydrogens is 193 g/mol. The Morgan fingerprint density at radius 3 is 1.79 bits per heavy atom. The number of aliphatic hydroxyl groups excluding tert-OH is 1. The molecule has 14 heavy (non-hydrogen) atoms. The zero-order chi connectivity index (χ0) is 11.2. The van der Waals surface area contributed by atoms with Crippen LogP contribution in [0.15, 0.2) is 0 Å². The van der Waals surface area contributed by atoms with Crippen molar-refractivity contribution in [3.05, 3.63) is 0 Å². The van der Waals surface area contributed by atoms with E-state index in [0.29, 0.717) is 0 Å². The Morgan fingerprint density at radius 2 is 1.50 bits per heavy atom. The smallest absolute Gasteiger partial charge is 0.384 e. The molecule has 0 aliphatic carbocycles. The first-order chi connectivity index (χ1) is 6.41. The zero-order valence-corrected chi connectivity index (χ0v) is 8.77. The highest BCUT2D eigenvalue weighted by atomic mass is 19.4. The molecule has 0 bridgehead atoms. The van der Waals surface area contributed by atoms with Crippen LogP contribution in [-0.2, 0) is 0 Å². The lowest BCUT2D eigenvalue weighted by Gasteiger charge is -2.21. The summed E-state index contributed by atoms with van der Waals surface area (Å²) in [6, 6.07) is 0. The zero-order valence-electron chi connectivity index (χ0n) is 8.77. The second-order valence-corrected chi connectivity index (χ2v) is 3.74. The molecule has 0 saturated carbocycles. The van der Waals surface area contributed by atoms with E-state index in [4.69, 9.17) is 5.11 Å². The van der Waals surface area contributed by atoms with E-state index in [2.05, 4.69) is 0 Å². The molecule has 1 N–H and O–H groups in total. The highest BCUT2D eigenvalue weighted by Crippen LogP contribution is 2.28. The Kier molecular flexibility index (Phi) is 6.16. The molecule has 0 aromatic heterocycles. The largest absolute Gasteiger partial charge is 0.414 e. The van der Waals surface area contributed by atoms with Gasteiger partial charge in [-0.1, -0.05) is 39.5 Å². The van der Waals surface area contributed by atoms with E-state index >= 15 is 0 Å². The Hall–Kier alpha value is -0.250. The van der Waals surface area contributed by atoms with Crippen LogP contribution in [0, 0.1) is 5.92 Å². The van der Waals surface area contributed by atoms with Crippen molar-refractivity contribution in [1.29, 1.82) is 0 Å². The molecule has 0 aliphatic rings. The molecule has 0 aromatic carbocycles. The van der Waals surface area contributed by atoms with Gasteiger partial charge in [-0.25, -0.2) is 0 Å². The van der Waals surface area contributed by atoms with Crippen LogP contribution >= 0.6 is 0 Å². The minimum atomic E-state index is -4.46. The summed E-state index contributed by atoms with van der Waals surface area (Å²) in [5.41, 5.74) is 0. The number of hydrogen-bond donors (Lipinski definition) is 1. The van der Waals surface area contributed by atoms with Gasteiger partial charge in [0.2, 0.25) is 0 Å². The van der Waals surface area contributed by atoms with Gasteiger partial charge in [-0.15, -0.1) is 0 Å². The topological polar surface area (TPSA) is 20.2 Å². The maximum atomic E-state index is 12.0. The van der Waals surface area contributed by atoms with Crippen LogP contribution in [0.25, 0.3) is 0 Å². The van der Waals surface area contributed by atoms with Gasteiger partial charge < -0.3 is 5.11 Å². The normalized spacial score (nSPS) is 14.8. The van der Waals surface area contributed by atoms with E-state index in [9.17, 15) is 13.2 Å². The summed E-state index contributed by atoms with van der Waals surface area (Å²) in [5.74, 6) is 0.00150. The minimum absolute atomic E-state index is 0.00150. The molecule has 0 saturated heterocycles. The van der Waals surface area contributed by atoms with Gasteiger partial charge in [0.15, 0.2) is 0 Å². The Labute approximate surface area is 83.3 Å². The van der Waals surface area contributed by atoms with Crippen LogP contribution < -0.4 is 0 Å². The molecule has 1 nitrogen and oxygen atoms in total. The second kappa shape index (κ2) is 6.27. The number of alkyl halides is 3. The molecule has 0 aromatic rings. The van der Waals surface area contributed by atoms with E-state index < -0.39 is 12.3 Å². The lowest BCUT2D eigenvalue weighted by molar-refractivity contribution is -0.208. The van der Waals surface area contributed by atoms with Crippen LogP contribution in [0.4, 0.5) is 13.2 Å². The van der Waals surface area contributed by atoms with E-state index in [1.807, 2.05) is 13.8 Å². The Bertz CT molecular complexity index is 139. The molecule has 0 spiro atoms. The number of halogens is 3. The van der Waals surface area contributed by atoms with Crippen LogP contribution in [0.5, 0.6) is 0 Å². The van der Waals surface area contributed by atoms with Crippen molar-refractivity contribution in [2.75, 3.05) is 0 Å². The SMILES string of the molecule is CCCC(CCC)CC(O)C(F)(F)F. The fourth-order valence-corrected chi connectivity index (χ4v) is 1.65. The molecule has 0 heterocycles. The molecule has 0 rings (SSSR count). The standard InChI is InChI=1S/C10H19F3O/c1-3-5-8(6-4-2)7-9(14)10(11,12)13/h8-9,14H,3-7H2,1-2H3. The van der Waals surface area contributed by atoms with E-state index in [1.54, 1.807) is 0 Å². The highest BCUT2D eigenvalue weighted by Gasteiger charge is 2.38. The van der Waals surface area contributed by atoms with Crippen molar-refractivity contribution in [3.8, 4) is 0 Å². The summed E-state index contributed by atoms with van der Waals surface area (Å²) < 4.78 is 36.1. The van der Waals surface area contributed by atoms with Crippen molar-refractivity contribution < 1.29 is 18.3 Å². The first kappa shape index (κ1) is 13.8. The second-order valence-electron chi connectivity index (χ2n) is 3.74. The van der Waals surface area contributed by atoms with Crippen molar-refractivity contribution in [3.63, 3.8) is 0 Å². The number of rotatable bonds is 6. The lowest BCUT2D eigenvalue weighted by Crippen LogP contribution is -2.30. The molecule has 0 fully saturated rings. The number of aliphatic hydroxyl groups is 1. The molecule has 1 unspecified atom stereocenters. The van der Waals surface area contributed by atoms with Crippen LogP contribution in [0.1, 0.15) is 46.0 Å². The third-order valence-electron chi connectivity index (χ3n) is 2.33. The molecule has 0 amide bonds. The first-order valence-corrected chi connectivity index (χ1v) is 5.16. The molecule has 0 aliphatic heterocycles. The fourth-order valence-electron chi connectivity index (χ4n) is 1.65. The average molecular weight is 212 g/mol. The van der Waals surface area contributed by atoms with Gasteiger partial charge in [-0.05, 0) is 12.3 Å². The van der Waals surface area contributed by atoms with Gasteiger partial charge in [0.25, 0.3) is 0 Å².